The number of rotatable bonds is 3. The molecular formula is C23H24F2N2. The van der Waals surface area contributed by atoms with Crippen LogP contribution in [-0.2, 0) is 13.1 Å². The lowest BCUT2D eigenvalue weighted by Crippen LogP contribution is -2.29. The first-order chi connectivity index (χ1) is 13.0. The van der Waals surface area contributed by atoms with Crippen molar-refractivity contribution in [3.63, 3.8) is 0 Å². The van der Waals surface area contributed by atoms with Crippen LogP contribution in [0.2, 0.25) is 0 Å². The second kappa shape index (κ2) is 7.28. The highest BCUT2D eigenvalue weighted by Gasteiger charge is 2.28. The standard InChI is InChI=1S/C23H24F2N2/c1-16-11-17(2)13-18(12-16)15-27-10-4-9-26-8-3-5-22(26)23(27)19-6-7-20(24)21(25)14-19/h3,5-8,11-14,23H,4,9-10,15H2,1-2H3/t23-/m0/s1. The van der Waals surface area contributed by atoms with Gasteiger partial charge < -0.3 is 4.57 Å². The van der Waals surface area contributed by atoms with E-state index in [1.54, 1.807) is 6.07 Å². The maximum Gasteiger partial charge on any atom is 0.159 e. The van der Waals surface area contributed by atoms with Crippen LogP contribution in [0.15, 0.2) is 54.7 Å². The number of halogens is 2. The van der Waals surface area contributed by atoms with Crippen LogP contribution in [0.5, 0.6) is 0 Å². The molecule has 27 heavy (non-hydrogen) atoms. The summed E-state index contributed by atoms with van der Waals surface area (Å²) in [6.07, 6.45) is 3.09. The minimum Gasteiger partial charge on any atom is -0.350 e. The lowest BCUT2D eigenvalue weighted by Gasteiger charge is -2.31. The zero-order valence-corrected chi connectivity index (χ0v) is 15.8. The summed E-state index contributed by atoms with van der Waals surface area (Å²) in [6.45, 7) is 6.83. The van der Waals surface area contributed by atoms with Crippen molar-refractivity contribution in [3.05, 3.63) is 94.3 Å². The Balaban J connectivity index is 1.76. The number of hydrogen-bond acceptors (Lipinski definition) is 1. The van der Waals surface area contributed by atoms with Gasteiger partial charge >= 0.3 is 0 Å². The van der Waals surface area contributed by atoms with Crippen LogP contribution in [0.3, 0.4) is 0 Å². The first-order valence-corrected chi connectivity index (χ1v) is 9.42. The molecule has 0 saturated carbocycles. The molecule has 2 nitrogen and oxygen atoms in total. The Morgan fingerprint density at radius 3 is 2.44 bits per heavy atom. The van der Waals surface area contributed by atoms with Crippen LogP contribution in [0.1, 0.15) is 40.4 Å². The molecule has 2 heterocycles. The lowest BCUT2D eigenvalue weighted by atomic mass is 10.00. The van der Waals surface area contributed by atoms with Crippen LogP contribution in [0.25, 0.3) is 0 Å². The molecule has 2 aromatic carbocycles. The predicted molar refractivity (Wildman–Crippen MR) is 104 cm³/mol. The lowest BCUT2D eigenvalue weighted by molar-refractivity contribution is 0.220. The molecule has 4 heteroatoms. The van der Waals surface area contributed by atoms with Crippen molar-refractivity contribution in [3.8, 4) is 0 Å². The van der Waals surface area contributed by atoms with Gasteiger partial charge in [-0.1, -0.05) is 35.4 Å². The van der Waals surface area contributed by atoms with Gasteiger partial charge in [-0.2, -0.15) is 0 Å². The molecule has 0 N–H and O–H groups in total. The van der Waals surface area contributed by atoms with Gasteiger partial charge in [0.25, 0.3) is 0 Å². The fourth-order valence-corrected chi connectivity index (χ4v) is 4.27. The Hall–Kier alpha value is -2.46. The van der Waals surface area contributed by atoms with Gasteiger partial charge in [0.05, 0.1) is 6.04 Å². The number of hydrogen-bond donors (Lipinski definition) is 0. The third kappa shape index (κ3) is 3.67. The zero-order chi connectivity index (χ0) is 19.0. The molecule has 0 saturated heterocycles. The molecule has 1 aliphatic heterocycles. The van der Waals surface area contributed by atoms with Gasteiger partial charge in [0, 0.05) is 31.5 Å². The van der Waals surface area contributed by atoms with E-state index in [9.17, 15) is 8.78 Å². The second-order valence-corrected chi connectivity index (χ2v) is 7.52. The molecule has 0 radical (unpaired) electrons. The average Bonchev–Trinajstić information content (AvgIpc) is 2.99. The van der Waals surface area contributed by atoms with Crippen molar-refractivity contribution < 1.29 is 8.78 Å². The normalized spacial score (nSPS) is 17.6. The zero-order valence-electron chi connectivity index (χ0n) is 15.8. The van der Waals surface area contributed by atoms with Crippen LogP contribution < -0.4 is 0 Å². The number of benzene rings is 2. The van der Waals surface area contributed by atoms with E-state index in [1.807, 2.05) is 6.07 Å². The molecule has 4 rings (SSSR count). The molecule has 0 spiro atoms. The van der Waals surface area contributed by atoms with Gasteiger partial charge in [0.15, 0.2) is 11.6 Å². The van der Waals surface area contributed by atoms with Crippen LogP contribution in [0, 0.1) is 25.5 Å². The number of nitrogens with zero attached hydrogens (tertiary/aromatic N) is 2. The van der Waals surface area contributed by atoms with Gasteiger partial charge in [0.1, 0.15) is 0 Å². The van der Waals surface area contributed by atoms with Crippen molar-refractivity contribution in [2.75, 3.05) is 6.54 Å². The Labute approximate surface area is 159 Å². The van der Waals surface area contributed by atoms with Crippen molar-refractivity contribution in [1.82, 2.24) is 9.47 Å². The fraction of sp³-hybridized carbons (Fsp3) is 0.304. The quantitative estimate of drug-likeness (QED) is 0.604. The van der Waals surface area contributed by atoms with Crippen molar-refractivity contribution in [1.29, 1.82) is 0 Å². The summed E-state index contributed by atoms with van der Waals surface area (Å²) in [5.41, 5.74) is 5.66. The summed E-state index contributed by atoms with van der Waals surface area (Å²) < 4.78 is 29.7. The highest BCUT2D eigenvalue weighted by molar-refractivity contribution is 5.32. The van der Waals surface area contributed by atoms with Crippen LogP contribution in [-0.4, -0.2) is 16.0 Å². The van der Waals surface area contributed by atoms with Crippen LogP contribution in [0.4, 0.5) is 8.78 Å². The number of aryl methyl sites for hydroxylation is 3. The van der Waals surface area contributed by atoms with E-state index < -0.39 is 11.6 Å². The smallest absolute Gasteiger partial charge is 0.159 e. The van der Waals surface area contributed by atoms with E-state index in [1.165, 1.54) is 28.8 Å². The van der Waals surface area contributed by atoms with Gasteiger partial charge in [-0.05, 0) is 55.7 Å². The summed E-state index contributed by atoms with van der Waals surface area (Å²) in [5.74, 6) is -1.59. The van der Waals surface area contributed by atoms with Gasteiger partial charge in [-0.25, -0.2) is 8.78 Å². The molecule has 0 aliphatic carbocycles. The fourth-order valence-electron chi connectivity index (χ4n) is 4.27. The number of aromatic nitrogens is 1. The first kappa shape index (κ1) is 17.9. The Bertz CT molecular complexity index is 941. The second-order valence-electron chi connectivity index (χ2n) is 7.52. The molecule has 0 bridgehead atoms. The molecular weight excluding hydrogens is 342 g/mol. The van der Waals surface area contributed by atoms with E-state index >= 15 is 0 Å². The SMILES string of the molecule is Cc1cc(C)cc(CN2CCCn3cccc3[C@@H]2c2ccc(F)c(F)c2)c1. The van der Waals surface area contributed by atoms with Crippen molar-refractivity contribution in [2.45, 2.75) is 39.4 Å². The number of fused-ring (bicyclic) bond motifs is 1. The first-order valence-electron chi connectivity index (χ1n) is 9.42. The summed E-state index contributed by atoms with van der Waals surface area (Å²) in [6, 6.07) is 14.9. The van der Waals surface area contributed by atoms with E-state index in [0.717, 1.165) is 37.3 Å². The van der Waals surface area contributed by atoms with Crippen molar-refractivity contribution in [2.24, 2.45) is 0 Å². The minimum absolute atomic E-state index is 0.0987. The largest absolute Gasteiger partial charge is 0.350 e. The third-order valence-corrected chi connectivity index (χ3v) is 5.28. The van der Waals surface area contributed by atoms with E-state index in [4.69, 9.17) is 0 Å². The summed E-state index contributed by atoms with van der Waals surface area (Å²) in [5, 5.41) is 0. The predicted octanol–water partition coefficient (Wildman–Crippen LogP) is 5.38. The molecule has 1 aromatic heterocycles. The Morgan fingerprint density at radius 2 is 1.70 bits per heavy atom. The third-order valence-electron chi connectivity index (χ3n) is 5.28. The Morgan fingerprint density at radius 1 is 0.926 bits per heavy atom. The molecule has 1 aliphatic rings. The van der Waals surface area contributed by atoms with Crippen LogP contribution >= 0.6 is 0 Å². The molecule has 3 aromatic rings. The maximum atomic E-state index is 14.0. The van der Waals surface area contributed by atoms with E-state index in [0.29, 0.717) is 0 Å². The topological polar surface area (TPSA) is 8.17 Å². The average molecular weight is 366 g/mol. The minimum atomic E-state index is -0.802. The van der Waals surface area contributed by atoms with Gasteiger partial charge in [-0.3, -0.25) is 4.90 Å². The summed E-state index contributed by atoms with van der Waals surface area (Å²) in [7, 11) is 0. The van der Waals surface area contributed by atoms with Gasteiger partial charge in [-0.15, -0.1) is 0 Å². The summed E-state index contributed by atoms with van der Waals surface area (Å²) in [4.78, 5) is 2.37. The molecule has 0 fully saturated rings. The molecule has 1 atom stereocenters. The van der Waals surface area contributed by atoms with E-state index in [2.05, 4.69) is 53.8 Å². The molecule has 0 unspecified atom stereocenters. The molecule has 0 amide bonds. The van der Waals surface area contributed by atoms with E-state index in [-0.39, 0.29) is 6.04 Å². The Kier molecular flexibility index (Phi) is 4.83. The monoisotopic (exact) mass is 366 g/mol. The highest BCUT2D eigenvalue weighted by atomic mass is 19.2. The van der Waals surface area contributed by atoms with Gasteiger partial charge in [0.2, 0.25) is 0 Å². The molecule has 140 valence electrons. The highest BCUT2D eigenvalue weighted by Crippen LogP contribution is 2.33. The maximum absolute atomic E-state index is 14.0. The summed E-state index contributed by atoms with van der Waals surface area (Å²) >= 11 is 0. The van der Waals surface area contributed by atoms with Crippen molar-refractivity contribution >= 4 is 0 Å².